The van der Waals surface area contributed by atoms with Crippen molar-refractivity contribution in [3.05, 3.63) is 59.9 Å². The average molecular weight is 364 g/mol. The Morgan fingerprint density at radius 1 is 1.19 bits per heavy atom. The van der Waals surface area contributed by atoms with E-state index >= 15 is 0 Å². The number of amides is 1. The Balaban J connectivity index is 1.86. The zero-order chi connectivity index (χ0) is 19.0. The highest BCUT2D eigenvalue weighted by atomic mass is 16.5. The van der Waals surface area contributed by atoms with Crippen LogP contribution in [0.25, 0.3) is 11.0 Å². The quantitative estimate of drug-likeness (QED) is 0.698. The second kappa shape index (κ2) is 6.79. The summed E-state index contributed by atoms with van der Waals surface area (Å²) in [4.78, 5) is 12.2. The molecule has 6 nitrogen and oxygen atoms in total. The smallest absolute Gasteiger partial charge is 0.240 e. The molecule has 6 heteroatoms. The number of methoxy groups -OCH3 is 2. The van der Waals surface area contributed by atoms with Crippen LogP contribution in [-0.2, 0) is 4.79 Å². The predicted molar refractivity (Wildman–Crippen MR) is 102 cm³/mol. The third-order valence-corrected chi connectivity index (χ3v) is 4.81. The van der Waals surface area contributed by atoms with Crippen molar-refractivity contribution >= 4 is 22.6 Å². The van der Waals surface area contributed by atoms with Gasteiger partial charge >= 0.3 is 0 Å². The van der Waals surface area contributed by atoms with Crippen molar-refractivity contribution in [2.75, 3.05) is 14.2 Å². The number of nitrogens with zero attached hydrogens (tertiary/aromatic N) is 2. The Bertz CT molecular complexity index is 1020. The van der Waals surface area contributed by atoms with E-state index in [0.717, 1.165) is 22.2 Å². The summed E-state index contributed by atoms with van der Waals surface area (Å²) >= 11 is 0. The lowest BCUT2D eigenvalue weighted by atomic mass is 9.96. The predicted octanol–water partition coefficient (Wildman–Crippen LogP) is 4.15. The van der Waals surface area contributed by atoms with Gasteiger partial charge in [0, 0.05) is 19.4 Å². The summed E-state index contributed by atoms with van der Waals surface area (Å²) in [7, 11) is 3.21. The zero-order valence-corrected chi connectivity index (χ0v) is 15.4. The highest BCUT2D eigenvalue weighted by molar-refractivity contribution is 6.11. The molecule has 0 saturated carbocycles. The first kappa shape index (κ1) is 17.1. The molecule has 0 aliphatic carbocycles. The molecular weight excluding hydrogens is 344 g/mol. The molecule has 0 saturated heterocycles. The number of hydrogen-bond acceptors (Lipinski definition) is 5. The molecule has 1 aliphatic heterocycles. The number of carbonyl (C=O) groups excluding carboxylic acids is 1. The molecule has 4 rings (SSSR count). The van der Waals surface area contributed by atoms with Gasteiger partial charge in [-0.15, -0.1) is 0 Å². The van der Waals surface area contributed by atoms with Crippen LogP contribution in [0.5, 0.6) is 11.5 Å². The Hall–Kier alpha value is -3.28. The Labute approximate surface area is 157 Å². The first-order valence-corrected chi connectivity index (χ1v) is 8.68. The average Bonchev–Trinajstić information content (AvgIpc) is 3.34. The van der Waals surface area contributed by atoms with Gasteiger partial charge in [0.2, 0.25) is 5.91 Å². The van der Waals surface area contributed by atoms with E-state index < -0.39 is 0 Å². The number of hydrazone groups is 1. The Kier molecular flexibility index (Phi) is 4.32. The lowest BCUT2D eigenvalue weighted by molar-refractivity contribution is -0.130. The van der Waals surface area contributed by atoms with Gasteiger partial charge in [-0.2, -0.15) is 5.10 Å². The molecule has 1 amide bonds. The summed E-state index contributed by atoms with van der Waals surface area (Å²) in [5.41, 5.74) is 3.21. The molecule has 1 aromatic heterocycles. The van der Waals surface area contributed by atoms with Gasteiger partial charge in [-0.1, -0.05) is 30.3 Å². The van der Waals surface area contributed by atoms with Crippen LogP contribution in [0.15, 0.2) is 58.2 Å². The van der Waals surface area contributed by atoms with Gasteiger partial charge < -0.3 is 13.9 Å². The molecule has 0 bridgehead atoms. The SMILES string of the molecule is COc1cc2occc2c(OC)c1C1=NN(C(C)=O)C(c2ccccc2)C1. The van der Waals surface area contributed by atoms with Gasteiger partial charge in [-0.25, -0.2) is 5.01 Å². The summed E-state index contributed by atoms with van der Waals surface area (Å²) in [6, 6.07) is 13.4. The Morgan fingerprint density at radius 3 is 2.63 bits per heavy atom. The topological polar surface area (TPSA) is 64.3 Å². The number of benzene rings is 2. The van der Waals surface area contributed by atoms with Gasteiger partial charge in [0.05, 0.1) is 43.2 Å². The van der Waals surface area contributed by atoms with Gasteiger partial charge in [0.25, 0.3) is 0 Å². The van der Waals surface area contributed by atoms with Crippen LogP contribution >= 0.6 is 0 Å². The number of hydrogen-bond donors (Lipinski definition) is 0. The van der Waals surface area contributed by atoms with E-state index in [0.29, 0.717) is 23.5 Å². The summed E-state index contributed by atoms with van der Waals surface area (Å²) in [6.07, 6.45) is 2.18. The van der Waals surface area contributed by atoms with Crippen molar-refractivity contribution in [1.82, 2.24) is 5.01 Å². The monoisotopic (exact) mass is 364 g/mol. The molecule has 1 atom stereocenters. The standard InChI is InChI=1S/C21H20N2O4/c1-13(24)23-17(14-7-5-4-6-8-14)11-16(22-23)20-19(25-2)12-18-15(9-10-27-18)21(20)26-3/h4-10,12,17H,11H2,1-3H3. The van der Waals surface area contributed by atoms with Crippen LogP contribution in [0, 0.1) is 0 Å². The van der Waals surface area contributed by atoms with Crippen LogP contribution in [0.4, 0.5) is 0 Å². The fraction of sp³-hybridized carbons (Fsp3) is 0.238. The van der Waals surface area contributed by atoms with Gasteiger partial charge in [-0.3, -0.25) is 4.79 Å². The van der Waals surface area contributed by atoms with Crippen LogP contribution in [-0.4, -0.2) is 30.8 Å². The van der Waals surface area contributed by atoms with Gasteiger partial charge in [0.1, 0.15) is 17.1 Å². The first-order chi connectivity index (χ1) is 13.1. The fourth-order valence-corrected chi connectivity index (χ4v) is 3.59. The van der Waals surface area contributed by atoms with E-state index in [-0.39, 0.29) is 11.9 Å². The molecular formula is C21H20N2O4. The lowest BCUT2D eigenvalue weighted by Crippen LogP contribution is -2.24. The number of ether oxygens (including phenoxy) is 2. The maximum absolute atomic E-state index is 12.2. The Morgan fingerprint density at radius 2 is 1.96 bits per heavy atom. The summed E-state index contributed by atoms with van der Waals surface area (Å²) in [5.74, 6) is 1.13. The van der Waals surface area contributed by atoms with Crippen LogP contribution in [0.3, 0.4) is 0 Å². The first-order valence-electron chi connectivity index (χ1n) is 8.68. The van der Waals surface area contributed by atoms with E-state index in [4.69, 9.17) is 13.9 Å². The largest absolute Gasteiger partial charge is 0.496 e. The molecule has 1 aliphatic rings. The molecule has 0 fully saturated rings. The normalized spacial score (nSPS) is 16.5. The maximum Gasteiger partial charge on any atom is 0.240 e. The van der Waals surface area contributed by atoms with E-state index in [1.165, 1.54) is 11.9 Å². The molecule has 3 aromatic rings. The van der Waals surface area contributed by atoms with Crippen LogP contribution < -0.4 is 9.47 Å². The second-order valence-electron chi connectivity index (χ2n) is 6.36. The van der Waals surface area contributed by atoms with Crippen molar-refractivity contribution < 1.29 is 18.7 Å². The van der Waals surface area contributed by atoms with Gasteiger partial charge in [-0.05, 0) is 11.6 Å². The summed E-state index contributed by atoms with van der Waals surface area (Å²) < 4.78 is 16.8. The van der Waals surface area contributed by atoms with Crippen LogP contribution in [0.2, 0.25) is 0 Å². The number of rotatable bonds is 4. The minimum absolute atomic E-state index is 0.110. The molecule has 2 heterocycles. The van der Waals surface area contributed by atoms with E-state index in [2.05, 4.69) is 5.10 Å². The lowest BCUT2D eigenvalue weighted by Gasteiger charge is -2.20. The minimum Gasteiger partial charge on any atom is -0.496 e. The van der Waals surface area contributed by atoms with Crippen LogP contribution in [0.1, 0.15) is 30.5 Å². The summed E-state index contributed by atoms with van der Waals surface area (Å²) in [5, 5.41) is 7.01. The van der Waals surface area contributed by atoms with Crippen molar-refractivity contribution in [3.63, 3.8) is 0 Å². The summed E-state index contributed by atoms with van der Waals surface area (Å²) in [6.45, 7) is 1.52. The zero-order valence-electron chi connectivity index (χ0n) is 15.4. The molecule has 2 aromatic carbocycles. The fourth-order valence-electron chi connectivity index (χ4n) is 3.59. The van der Waals surface area contributed by atoms with Crippen molar-refractivity contribution in [2.45, 2.75) is 19.4 Å². The highest BCUT2D eigenvalue weighted by Gasteiger charge is 2.34. The molecule has 138 valence electrons. The molecule has 0 radical (unpaired) electrons. The van der Waals surface area contributed by atoms with Crippen molar-refractivity contribution in [3.8, 4) is 11.5 Å². The molecule has 0 spiro atoms. The number of furan rings is 1. The van der Waals surface area contributed by atoms with E-state index in [9.17, 15) is 4.79 Å². The number of carbonyl (C=O) groups is 1. The number of fused-ring (bicyclic) bond motifs is 1. The third-order valence-electron chi connectivity index (χ3n) is 4.81. The van der Waals surface area contributed by atoms with Gasteiger partial charge in [0.15, 0.2) is 0 Å². The van der Waals surface area contributed by atoms with Crippen molar-refractivity contribution in [2.24, 2.45) is 5.10 Å². The van der Waals surface area contributed by atoms with E-state index in [1.54, 1.807) is 20.5 Å². The molecule has 1 unspecified atom stereocenters. The third kappa shape index (κ3) is 2.83. The minimum atomic E-state index is -0.159. The maximum atomic E-state index is 12.2. The highest BCUT2D eigenvalue weighted by Crippen LogP contribution is 2.42. The second-order valence-corrected chi connectivity index (χ2v) is 6.36. The van der Waals surface area contributed by atoms with Crippen molar-refractivity contribution in [1.29, 1.82) is 0 Å². The molecule has 0 N–H and O–H groups in total. The van der Waals surface area contributed by atoms with E-state index in [1.807, 2.05) is 42.5 Å². The molecule has 27 heavy (non-hydrogen) atoms.